The molecule has 0 heterocycles. The highest BCUT2D eigenvalue weighted by molar-refractivity contribution is 9.10. The first-order chi connectivity index (χ1) is 17.2. The molecule has 4 aromatic carbocycles. The van der Waals surface area contributed by atoms with Gasteiger partial charge >= 0.3 is 0 Å². The SMILES string of the molecule is Cc1cc(Br)ccc1N(NC(=O)C(O)(c1ccc(Cl)cc1)c1ccc(Cl)cc1)C(=O)c1ccccc1. The highest BCUT2D eigenvalue weighted by atomic mass is 79.9. The van der Waals surface area contributed by atoms with Gasteiger partial charge in [0.05, 0.1) is 5.69 Å². The lowest BCUT2D eigenvalue weighted by atomic mass is 9.85. The molecule has 0 aliphatic carbocycles. The molecule has 0 aliphatic heterocycles. The number of hydrazine groups is 1. The van der Waals surface area contributed by atoms with Gasteiger partial charge in [-0.2, -0.15) is 0 Å². The first kappa shape index (κ1) is 25.9. The third kappa shape index (κ3) is 5.32. The quantitative estimate of drug-likeness (QED) is 0.258. The monoisotopic (exact) mass is 582 g/mol. The number of carbonyl (C=O) groups excluding carboxylic acids is 2. The van der Waals surface area contributed by atoms with Crippen molar-refractivity contribution in [1.29, 1.82) is 0 Å². The van der Waals surface area contributed by atoms with Crippen LogP contribution in [0.1, 0.15) is 27.0 Å². The Hall–Kier alpha value is -3.16. The van der Waals surface area contributed by atoms with Crippen molar-refractivity contribution in [2.45, 2.75) is 12.5 Å². The van der Waals surface area contributed by atoms with E-state index < -0.39 is 17.4 Å². The smallest absolute Gasteiger partial charge is 0.280 e. The third-order valence-corrected chi connectivity index (χ3v) is 6.69. The Morgan fingerprint density at radius 2 is 1.36 bits per heavy atom. The fourth-order valence-electron chi connectivity index (χ4n) is 3.79. The highest BCUT2D eigenvalue weighted by Crippen LogP contribution is 2.33. The average molecular weight is 584 g/mol. The minimum absolute atomic E-state index is 0.270. The van der Waals surface area contributed by atoms with Gasteiger partial charge in [-0.1, -0.05) is 81.6 Å². The van der Waals surface area contributed by atoms with E-state index in [1.807, 2.05) is 13.0 Å². The van der Waals surface area contributed by atoms with E-state index in [4.69, 9.17) is 23.2 Å². The highest BCUT2D eigenvalue weighted by Gasteiger charge is 2.42. The number of rotatable bonds is 5. The molecule has 36 heavy (non-hydrogen) atoms. The van der Waals surface area contributed by atoms with Crippen LogP contribution in [-0.4, -0.2) is 16.9 Å². The molecule has 182 valence electrons. The molecule has 0 fully saturated rings. The summed E-state index contributed by atoms with van der Waals surface area (Å²) in [6.07, 6.45) is 0. The van der Waals surface area contributed by atoms with Crippen molar-refractivity contribution >= 4 is 56.6 Å². The fourth-order valence-corrected chi connectivity index (χ4v) is 4.52. The van der Waals surface area contributed by atoms with Crippen molar-refractivity contribution in [3.05, 3.63) is 134 Å². The summed E-state index contributed by atoms with van der Waals surface area (Å²) in [6.45, 7) is 1.82. The van der Waals surface area contributed by atoms with E-state index in [9.17, 15) is 14.7 Å². The van der Waals surface area contributed by atoms with Gasteiger partial charge in [-0.05, 0) is 78.2 Å². The number of benzene rings is 4. The van der Waals surface area contributed by atoms with Crippen molar-refractivity contribution in [2.75, 3.05) is 5.01 Å². The number of hydrogen-bond donors (Lipinski definition) is 2. The number of hydrogen-bond acceptors (Lipinski definition) is 3. The Morgan fingerprint density at radius 1 is 0.833 bits per heavy atom. The first-order valence-electron chi connectivity index (χ1n) is 10.9. The zero-order chi connectivity index (χ0) is 25.9. The number of nitrogens with zero attached hydrogens (tertiary/aromatic N) is 1. The molecule has 0 radical (unpaired) electrons. The molecule has 2 amide bonds. The summed E-state index contributed by atoms with van der Waals surface area (Å²) >= 11 is 15.5. The Kier molecular flexibility index (Phi) is 7.81. The Bertz CT molecular complexity index is 1350. The van der Waals surface area contributed by atoms with Gasteiger partial charge in [0.15, 0.2) is 5.60 Å². The molecule has 2 N–H and O–H groups in total. The van der Waals surface area contributed by atoms with Crippen LogP contribution >= 0.6 is 39.1 Å². The first-order valence-corrected chi connectivity index (χ1v) is 12.5. The number of aliphatic hydroxyl groups is 1. The van der Waals surface area contributed by atoms with Gasteiger partial charge < -0.3 is 5.11 Å². The minimum Gasteiger partial charge on any atom is -0.372 e. The Morgan fingerprint density at radius 3 is 1.86 bits per heavy atom. The van der Waals surface area contributed by atoms with Crippen molar-refractivity contribution in [1.82, 2.24) is 5.43 Å². The Balaban J connectivity index is 1.82. The average Bonchev–Trinajstić information content (AvgIpc) is 2.88. The molecular weight excluding hydrogens is 563 g/mol. The van der Waals surface area contributed by atoms with Crippen LogP contribution in [0.3, 0.4) is 0 Å². The summed E-state index contributed by atoms with van der Waals surface area (Å²) < 4.78 is 0.820. The number of amides is 2. The van der Waals surface area contributed by atoms with Crippen molar-refractivity contribution in [3.8, 4) is 0 Å². The lowest BCUT2D eigenvalue weighted by Crippen LogP contribution is -2.54. The largest absolute Gasteiger partial charge is 0.372 e. The van der Waals surface area contributed by atoms with Gasteiger partial charge in [-0.25, -0.2) is 5.01 Å². The standard InChI is InChI=1S/C28H21BrCl2N2O3/c1-18-17-22(29)11-16-25(18)33(26(34)19-5-3-2-4-6-19)32-27(35)28(36,20-7-12-23(30)13-8-20)21-9-14-24(31)15-10-21/h2-17,36H,1H3,(H,32,35). The summed E-state index contributed by atoms with van der Waals surface area (Å²) in [7, 11) is 0. The van der Waals surface area contributed by atoms with Crippen molar-refractivity contribution < 1.29 is 14.7 Å². The zero-order valence-electron chi connectivity index (χ0n) is 19.1. The molecule has 4 rings (SSSR count). The molecule has 0 aromatic heterocycles. The van der Waals surface area contributed by atoms with Crippen LogP contribution < -0.4 is 10.4 Å². The molecule has 0 spiro atoms. The minimum atomic E-state index is -2.16. The van der Waals surface area contributed by atoms with Gasteiger partial charge in [-0.15, -0.1) is 0 Å². The van der Waals surface area contributed by atoms with E-state index in [1.165, 1.54) is 0 Å². The summed E-state index contributed by atoms with van der Waals surface area (Å²) in [4.78, 5) is 27.5. The second kappa shape index (κ2) is 10.8. The van der Waals surface area contributed by atoms with E-state index >= 15 is 0 Å². The maximum atomic E-state index is 13.9. The summed E-state index contributed by atoms with van der Waals surface area (Å²) in [5.74, 6) is -1.30. The molecule has 0 saturated carbocycles. The lowest BCUT2D eigenvalue weighted by Gasteiger charge is -2.32. The van der Waals surface area contributed by atoms with Crippen LogP contribution in [0.25, 0.3) is 0 Å². The Labute approximate surface area is 227 Å². The number of aryl methyl sites for hydroxylation is 1. The van der Waals surface area contributed by atoms with E-state index in [2.05, 4.69) is 21.4 Å². The van der Waals surface area contributed by atoms with Crippen LogP contribution in [-0.2, 0) is 10.4 Å². The number of anilines is 1. The summed E-state index contributed by atoms with van der Waals surface area (Å²) in [5.41, 5.74) is 2.60. The van der Waals surface area contributed by atoms with Crippen LogP contribution in [0.5, 0.6) is 0 Å². The number of carbonyl (C=O) groups is 2. The lowest BCUT2D eigenvalue weighted by molar-refractivity contribution is -0.136. The van der Waals surface area contributed by atoms with Crippen molar-refractivity contribution in [3.63, 3.8) is 0 Å². The number of halogens is 3. The van der Waals surface area contributed by atoms with Crippen LogP contribution in [0, 0.1) is 6.92 Å². The molecule has 0 bridgehead atoms. The predicted molar refractivity (Wildman–Crippen MR) is 146 cm³/mol. The molecule has 0 saturated heterocycles. The van der Waals surface area contributed by atoms with Gasteiger partial charge in [0, 0.05) is 20.1 Å². The maximum Gasteiger partial charge on any atom is 0.280 e. The third-order valence-electron chi connectivity index (χ3n) is 5.69. The molecule has 0 aliphatic rings. The predicted octanol–water partition coefficient (Wildman–Crippen LogP) is 6.68. The second-order valence-electron chi connectivity index (χ2n) is 8.10. The zero-order valence-corrected chi connectivity index (χ0v) is 22.2. The fraction of sp³-hybridized carbons (Fsp3) is 0.0714. The molecule has 5 nitrogen and oxygen atoms in total. The molecule has 8 heteroatoms. The summed E-state index contributed by atoms with van der Waals surface area (Å²) in [6, 6.07) is 26.4. The maximum absolute atomic E-state index is 13.9. The van der Waals surface area contributed by atoms with E-state index in [1.54, 1.807) is 91.0 Å². The van der Waals surface area contributed by atoms with Crippen LogP contribution in [0.15, 0.2) is 102 Å². The van der Waals surface area contributed by atoms with Crippen molar-refractivity contribution in [2.24, 2.45) is 0 Å². The normalized spacial score (nSPS) is 11.1. The molecule has 4 aromatic rings. The van der Waals surface area contributed by atoms with Crippen LogP contribution in [0.4, 0.5) is 5.69 Å². The molecular formula is C28H21BrCl2N2O3. The topological polar surface area (TPSA) is 69.6 Å². The van der Waals surface area contributed by atoms with Gasteiger partial charge in [0.2, 0.25) is 0 Å². The van der Waals surface area contributed by atoms with Gasteiger partial charge in [0.1, 0.15) is 0 Å². The van der Waals surface area contributed by atoms with Gasteiger partial charge in [0.25, 0.3) is 11.8 Å². The summed E-state index contributed by atoms with van der Waals surface area (Å²) in [5, 5.41) is 14.0. The van der Waals surface area contributed by atoms with Gasteiger partial charge in [-0.3, -0.25) is 15.0 Å². The number of nitrogens with one attached hydrogen (secondary N) is 1. The van der Waals surface area contributed by atoms with E-state index in [-0.39, 0.29) is 11.1 Å². The van der Waals surface area contributed by atoms with Crippen LogP contribution in [0.2, 0.25) is 10.0 Å². The molecule has 0 atom stereocenters. The van der Waals surface area contributed by atoms with E-state index in [0.29, 0.717) is 21.3 Å². The second-order valence-corrected chi connectivity index (χ2v) is 9.89. The molecule has 0 unspecified atom stereocenters. The van der Waals surface area contributed by atoms with E-state index in [0.717, 1.165) is 15.0 Å².